The number of nitrogens with zero attached hydrogens (tertiary/aromatic N) is 2. The van der Waals surface area contributed by atoms with Crippen LogP contribution in [0.5, 0.6) is 0 Å². The number of carbonyl (C=O) groups excluding carboxylic acids is 1. The zero-order chi connectivity index (χ0) is 14.1. The Morgan fingerprint density at radius 1 is 1.45 bits per heavy atom. The number of carbonyl (C=O) groups is 1. The fourth-order valence-corrected chi connectivity index (χ4v) is 2.65. The zero-order valence-corrected chi connectivity index (χ0v) is 11.9. The molecule has 2 aromatic heterocycles. The first kappa shape index (κ1) is 12.9. The van der Waals surface area contributed by atoms with Crippen molar-refractivity contribution < 1.29 is 9.32 Å². The molecule has 0 saturated carbocycles. The maximum atomic E-state index is 11.3. The second kappa shape index (κ2) is 5.10. The minimum absolute atomic E-state index is 0.165. The summed E-state index contributed by atoms with van der Waals surface area (Å²) in [5.74, 6) is 5.16. The summed E-state index contributed by atoms with van der Waals surface area (Å²) in [4.78, 5) is 11.3. The molecule has 1 aromatic carbocycles. The Kier molecular flexibility index (Phi) is 3.29. The summed E-state index contributed by atoms with van der Waals surface area (Å²) in [7, 11) is 0. The molecule has 1 amide bonds. The Bertz CT molecular complexity index is 778. The van der Waals surface area contributed by atoms with E-state index in [1.54, 1.807) is 6.07 Å². The maximum absolute atomic E-state index is 11.3. The summed E-state index contributed by atoms with van der Waals surface area (Å²) < 4.78 is 8.17. The maximum Gasteiger partial charge on any atom is 0.287 e. The SMILES string of the molecule is NNC(=O)c1cc(Cn2cc(Br)c3ccccc32)on1. The molecular weight excluding hydrogens is 324 g/mol. The smallest absolute Gasteiger partial charge is 0.287 e. The lowest BCUT2D eigenvalue weighted by atomic mass is 10.2. The lowest BCUT2D eigenvalue weighted by Gasteiger charge is -2.01. The molecule has 0 fully saturated rings. The van der Waals surface area contributed by atoms with Gasteiger partial charge in [-0.3, -0.25) is 10.2 Å². The highest BCUT2D eigenvalue weighted by Gasteiger charge is 2.13. The quantitative estimate of drug-likeness (QED) is 0.436. The van der Waals surface area contributed by atoms with Crippen LogP contribution >= 0.6 is 15.9 Å². The number of nitrogens with one attached hydrogen (secondary N) is 1. The van der Waals surface area contributed by atoms with Crippen LogP contribution in [0.25, 0.3) is 10.9 Å². The molecule has 0 aliphatic rings. The number of fused-ring (bicyclic) bond motifs is 1. The number of aromatic nitrogens is 2. The van der Waals surface area contributed by atoms with Crippen LogP contribution < -0.4 is 11.3 Å². The summed E-state index contributed by atoms with van der Waals surface area (Å²) in [6.45, 7) is 0.483. The molecule has 0 aliphatic carbocycles. The van der Waals surface area contributed by atoms with Gasteiger partial charge in [-0.25, -0.2) is 5.84 Å². The third-order valence-corrected chi connectivity index (χ3v) is 3.62. The highest BCUT2D eigenvalue weighted by molar-refractivity contribution is 9.10. The molecule has 0 unspecified atom stereocenters. The van der Waals surface area contributed by atoms with Gasteiger partial charge in [-0.2, -0.15) is 0 Å². The van der Waals surface area contributed by atoms with E-state index in [9.17, 15) is 4.79 Å². The van der Waals surface area contributed by atoms with E-state index in [0.717, 1.165) is 15.4 Å². The van der Waals surface area contributed by atoms with Crippen molar-refractivity contribution in [3.63, 3.8) is 0 Å². The van der Waals surface area contributed by atoms with Gasteiger partial charge in [0.2, 0.25) is 0 Å². The van der Waals surface area contributed by atoms with Crippen LogP contribution in [-0.4, -0.2) is 15.6 Å². The monoisotopic (exact) mass is 334 g/mol. The summed E-state index contributed by atoms with van der Waals surface area (Å²) in [6.07, 6.45) is 1.97. The lowest BCUT2D eigenvalue weighted by molar-refractivity contribution is 0.0944. The number of benzene rings is 1. The fourth-order valence-electron chi connectivity index (χ4n) is 2.07. The van der Waals surface area contributed by atoms with Crippen LogP contribution in [0.4, 0.5) is 0 Å². The van der Waals surface area contributed by atoms with Gasteiger partial charge >= 0.3 is 0 Å². The van der Waals surface area contributed by atoms with E-state index in [1.807, 2.05) is 40.5 Å². The van der Waals surface area contributed by atoms with Crippen LogP contribution in [-0.2, 0) is 6.54 Å². The second-order valence-corrected chi connectivity index (χ2v) is 5.13. The van der Waals surface area contributed by atoms with Gasteiger partial charge in [-0.1, -0.05) is 23.4 Å². The van der Waals surface area contributed by atoms with E-state index in [2.05, 4.69) is 21.1 Å². The number of nitrogen functional groups attached to an aromatic ring is 1. The zero-order valence-electron chi connectivity index (χ0n) is 10.3. The molecule has 20 heavy (non-hydrogen) atoms. The van der Waals surface area contributed by atoms with Gasteiger partial charge in [-0.15, -0.1) is 0 Å². The molecule has 3 aromatic rings. The van der Waals surface area contributed by atoms with Crippen molar-refractivity contribution in [2.45, 2.75) is 6.54 Å². The highest BCUT2D eigenvalue weighted by atomic mass is 79.9. The van der Waals surface area contributed by atoms with Crippen molar-refractivity contribution in [3.8, 4) is 0 Å². The number of hydrogen-bond acceptors (Lipinski definition) is 4. The number of hydrazine groups is 1. The molecule has 7 heteroatoms. The molecule has 6 nitrogen and oxygen atoms in total. The summed E-state index contributed by atoms with van der Waals surface area (Å²) in [5, 5.41) is 4.80. The predicted molar refractivity (Wildman–Crippen MR) is 76.9 cm³/mol. The van der Waals surface area contributed by atoms with Crippen LogP contribution in [0.1, 0.15) is 16.2 Å². The van der Waals surface area contributed by atoms with Crippen molar-refractivity contribution in [1.29, 1.82) is 0 Å². The Labute approximate surface area is 122 Å². The third kappa shape index (κ3) is 2.21. The first-order valence-corrected chi connectivity index (χ1v) is 6.68. The van der Waals surface area contributed by atoms with Crippen LogP contribution in [0.2, 0.25) is 0 Å². The molecule has 0 aliphatic heterocycles. The lowest BCUT2D eigenvalue weighted by Crippen LogP contribution is -2.30. The minimum Gasteiger partial charge on any atom is -0.359 e. The average Bonchev–Trinajstić information content (AvgIpc) is 3.05. The number of para-hydroxylation sites is 1. The topological polar surface area (TPSA) is 86.1 Å². The highest BCUT2D eigenvalue weighted by Crippen LogP contribution is 2.26. The van der Waals surface area contributed by atoms with Crippen LogP contribution in [0.3, 0.4) is 0 Å². The van der Waals surface area contributed by atoms with E-state index in [-0.39, 0.29) is 5.69 Å². The number of rotatable bonds is 3. The summed E-state index contributed by atoms with van der Waals surface area (Å²) in [5.41, 5.74) is 3.25. The van der Waals surface area contributed by atoms with Gasteiger partial charge in [-0.05, 0) is 22.0 Å². The number of nitrogens with two attached hydrogens (primary N) is 1. The Balaban J connectivity index is 1.93. The molecule has 0 saturated heterocycles. The van der Waals surface area contributed by atoms with Crippen molar-refractivity contribution in [1.82, 2.24) is 15.1 Å². The molecule has 0 spiro atoms. The first-order valence-electron chi connectivity index (χ1n) is 5.89. The second-order valence-electron chi connectivity index (χ2n) is 4.27. The largest absolute Gasteiger partial charge is 0.359 e. The molecule has 3 rings (SSSR count). The molecule has 2 heterocycles. The average molecular weight is 335 g/mol. The molecular formula is C13H11BrN4O2. The van der Waals surface area contributed by atoms with E-state index in [0.29, 0.717) is 12.3 Å². The van der Waals surface area contributed by atoms with Crippen LogP contribution in [0.15, 0.2) is 45.5 Å². The van der Waals surface area contributed by atoms with E-state index in [4.69, 9.17) is 10.4 Å². The van der Waals surface area contributed by atoms with Gasteiger partial charge in [0.1, 0.15) is 0 Å². The van der Waals surface area contributed by atoms with Crippen molar-refractivity contribution in [2.75, 3.05) is 0 Å². The third-order valence-electron chi connectivity index (χ3n) is 2.99. The molecule has 3 N–H and O–H groups in total. The summed E-state index contributed by atoms with van der Waals surface area (Å²) >= 11 is 3.52. The van der Waals surface area contributed by atoms with Crippen molar-refractivity contribution in [3.05, 3.63) is 52.5 Å². The fraction of sp³-hybridized carbons (Fsp3) is 0.0769. The normalized spacial score (nSPS) is 10.9. The number of amides is 1. The first-order chi connectivity index (χ1) is 9.69. The summed E-state index contributed by atoms with van der Waals surface area (Å²) in [6, 6.07) is 9.58. The van der Waals surface area contributed by atoms with Gasteiger partial charge in [0.15, 0.2) is 11.5 Å². The molecule has 0 atom stereocenters. The predicted octanol–water partition coefficient (Wildman–Crippen LogP) is 2.04. The van der Waals surface area contributed by atoms with Gasteiger partial charge in [0.25, 0.3) is 5.91 Å². The molecule has 0 bridgehead atoms. The molecule has 0 radical (unpaired) electrons. The van der Waals surface area contributed by atoms with E-state index < -0.39 is 5.91 Å². The van der Waals surface area contributed by atoms with Gasteiger partial charge in [0, 0.05) is 27.6 Å². The van der Waals surface area contributed by atoms with Crippen molar-refractivity contribution in [2.24, 2.45) is 5.84 Å². The van der Waals surface area contributed by atoms with E-state index in [1.165, 1.54) is 0 Å². The Morgan fingerprint density at radius 3 is 3.05 bits per heavy atom. The Hall–Kier alpha value is -2.12. The van der Waals surface area contributed by atoms with E-state index >= 15 is 0 Å². The van der Waals surface area contributed by atoms with Crippen LogP contribution in [0, 0.1) is 0 Å². The minimum atomic E-state index is -0.474. The van der Waals surface area contributed by atoms with Gasteiger partial charge in [0.05, 0.1) is 6.54 Å². The number of hydrogen-bond donors (Lipinski definition) is 2. The Morgan fingerprint density at radius 2 is 2.25 bits per heavy atom. The van der Waals surface area contributed by atoms with Gasteiger partial charge < -0.3 is 9.09 Å². The number of halogens is 1. The van der Waals surface area contributed by atoms with Crippen molar-refractivity contribution >= 4 is 32.7 Å². The standard InChI is InChI=1S/C13H11BrN4O2/c14-10-7-18(12-4-2-1-3-9(10)12)6-8-5-11(17-20-8)13(19)16-15/h1-5,7H,6,15H2,(H,16,19). The molecule has 102 valence electrons.